The van der Waals surface area contributed by atoms with E-state index in [0.29, 0.717) is 19.5 Å². The number of amides is 1. The van der Waals surface area contributed by atoms with E-state index in [0.717, 1.165) is 22.2 Å². The second kappa shape index (κ2) is 4.14. The van der Waals surface area contributed by atoms with Crippen LogP contribution in [0.15, 0.2) is 24.8 Å². The van der Waals surface area contributed by atoms with Gasteiger partial charge in [-0.25, -0.2) is 14.8 Å². The molecule has 0 aliphatic carbocycles. The zero-order valence-corrected chi connectivity index (χ0v) is 9.63. The number of H-pyrrole nitrogens is 1. The van der Waals surface area contributed by atoms with Crippen LogP contribution in [0.2, 0.25) is 0 Å². The molecule has 3 rings (SSSR count). The molecule has 2 N–H and O–H groups in total. The first kappa shape index (κ1) is 10.8. The number of nitrogens with zero attached hydrogens (tertiary/aromatic N) is 3. The number of rotatable bonds is 1. The monoisotopic (exact) mass is 244 g/mol. The lowest BCUT2D eigenvalue weighted by molar-refractivity contribution is 0.150. The van der Waals surface area contributed by atoms with E-state index in [4.69, 9.17) is 5.11 Å². The van der Waals surface area contributed by atoms with Crippen molar-refractivity contribution in [1.82, 2.24) is 19.9 Å². The van der Waals surface area contributed by atoms with Crippen LogP contribution in [0.3, 0.4) is 0 Å². The average molecular weight is 244 g/mol. The Hall–Kier alpha value is -2.37. The summed E-state index contributed by atoms with van der Waals surface area (Å²) in [5.74, 6) is 0. The molecule has 6 nitrogen and oxygen atoms in total. The van der Waals surface area contributed by atoms with E-state index in [9.17, 15) is 4.79 Å². The van der Waals surface area contributed by atoms with Gasteiger partial charge in [-0.15, -0.1) is 0 Å². The van der Waals surface area contributed by atoms with Gasteiger partial charge in [0.25, 0.3) is 0 Å². The van der Waals surface area contributed by atoms with Gasteiger partial charge in [-0.1, -0.05) is 6.08 Å². The van der Waals surface area contributed by atoms with Crippen LogP contribution in [0, 0.1) is 0 Å². The highest BCUT2D eigenvalue weighted by Gasteiger charge is 2.18. The number of hydrogen-bond donors (Lipinski definition) is 2. The molecule has 1 aliphatic rings. The molecule has 1 amide bonds. The van der Waals surface area contributed by atoms with Crippen LogP contribution in [0.5, 0.6) is 0 Å². The maximum Gasteiger partial charge on any atom is 0.407 e. The molecule has 0 spiro atoms. The molecule has 0 aromatic carbocycles. The van der Waals surface area contributed by atoms with Crippen molar-refractivity contribution in [1.29, 1.82) is 0 Å². The highest BCUT2D eigenvalue weighted by Crippen LogP contribution is 2.27. The van der Waals surface area contributed by atoms with Crippen LogP contribution in [0.25, 0.3) is 16.6 Å². The molecular formula is C12H12N4O2. The minimum Gasteiger partial charge on any atom is -0.465 e. The predicted octanol–water partition coefficient (Wildman–Crippen LogP) is 1.73. The van der Waals surface area contributed by atoms with Crippen molar-refractivity contribution in [3.05, 3.63) is 30.4 Å². The van der Waals surface area contributed by atoms with Crippen LogP contribution in [-0.4, -0.2) is 44.1 Å². The average Bonchev–Trinajstić information content (AvgIpc) is 2.82. The molecular weight excluding hydrogens is 232 g/mol. The van der Waals surface area contributed by atoms with Crippen molar-refractivity contribution in [3.8, 4) is 0 Å². The molecule has 0 unspecified atom stereocenters. The first-order valence-corrected chi connectivity index (χ1v) is 5.70. The second-order valence-electron chi connectivity index (χ2n) is 4.20. The van der Waals surface area contributed by atoms with Crippen LogP contribution in [-0.2, 0) is 0 Å². The van der Waals surface area contributed by atoms with Gasteiger partial charge in [0.15, 0.2) is 0 Å². The van der Waals surface area contributed by atoms with Crippen LogP contribution in [0.1, 0.15) is 12.0 Å². The van der Waals surface area contributed by atoms with Gasteiger partial charge in [0.05, 0.1) is 17.2 Å². The molecule has 0 saturated carbocycles. The topological polar surface area (TPSA) is 82.1 Å². The first-order valence-electron chi connectivity index (χ1n) is 5.70. The van der Waals surface area contributed by atoms with Gasteiger partial charge >= 0.3 is 6.09 Å². The van der Waals surface area contributed by atoms with Crippen molar-refractivity contribution in [2.45, 2.75) is 6.42 Å². The lowest BCUT2D eigenvalue weighted by atomic mass is 10.0. The van der Waals surface area contributed by atoms with Crippen LogP contribution in [0.4, 0.5) is 4.79 Å². The van der Waals surface area contributed by atoms with Crippen molar-refractivity contribution >= 4 is 22.7 Å². The zero-order valence-electron chi connectivity index (χ0n) is 9.63. The molecule has 3 heterocycles. The van der Waals surface area contributed by atoms with E-state index in [1.807, 2.05) is 12.3 Å². The number of carbonyl (C=O) groups is 1. The second-order valence-corrected chi connectivity index (χ2v) is 4.20. The molecule has 0 atom stereocenters. The van der Waals surface area contributed by atoms with Gasteiger partial charge in [-0.3, -0.25) is 0 Å². The fraction of sp³-hybridized carbons (Fsp3) is 0.250. The summed E-state index contributed by atoms with van der Waals surface area (Å²) in [6.45, 7) is 0.960. The van der Waals surface area contributed by atoms with Gasteiger partial charge in [-0.05, 0) is 12.0 Å². The summed E-state index contributed by atoms with van der Waals surface area (Å²) in [6.07, 6.45) is 6.95. The van der Waals surface area contributed by atoms with E-state index in [2.05, 4.69) is 15.0 Å². The Balaban J connectivity index is 1.94. The summed E-state index contributed by atoms with van der Waals surface area (Å²) in [6, 6.07) is 0. The summed E-state index contributed by atoms with van der Waals surface area (Å²) in [5.41, 5.74) is 3.96. The van der Waals surface area contributed by atoms with Crippen LogP contribution >= 0.6 is 0 Å². The molecule has 6 heteroatoms. The molecule has 2 aromatic heterocycles. The third-order valence-corrected chi connectivity index (χ3v) is 3.16. The van der Waals surface area contributed by atoms with Gasteiger partial charge in [0.2, 0.25) is 0 Å². The molecule has 18 heavy (non-hydrogen) atoms. The minimum atomic E-state index is -0.869. The quantitative estimate of drug-likeness (QED) is 0.800. The van der Waals surface area contributed by atoms with Crippen LogP contribution < -0.4 is 0 Å². The molecule has 1 aliphatic heterocycles. The Bertz CT molecular complexity index is 632. The van der Waals surface area contributed by atoms with E-state index in [-0.39, 0.29) is 0 Å². The summed E-state index contributed by atoms with van der Waals surface area (Å²) < 4.78 is 0. The molecule has 0 fully saturated rings. The summed E-state index contributed by atoms with van der Waals surface area (Å²) >= 11 is 0. The van der Waals surface area contributed by atoms with E-state index < -0.39 is 6.09 Å². The highest BCUT2D eigenvalue weighted by atomic mass is 16.4. The minimum absolute atomic E-state index is 0.433. The SMILES string of the molecule is O=C(O)N1CC=C(c2c[nH]c3cncnc23)CC1. The Labute approximate surface area is 103 Å². The molecule has 0 bridgehead atoms. The predicted molar refractivity (Wildman–Crippen MR) is 66.1 cm³/mol. The standard InChI is InChI=1S/C12H12N4O2/c17-12(18)16-3-1-8(2-4-16)9-5-14-10-6-13-7-15-11(9)10/h1,5-7,14H,2-4H2,(H,17,18). The Morgan fingerprint density at radius 3 is 3.11 bits per heavy atom. The smallest absolute Gasteiger partial charge is 0.407 e. The zero-order chi connectivity index (χ0) is 12.5. The summed E-state index contributed by atoms with van der Waals surface area (Å²) in [5, 5.41) is 8.90. The Kier molecular flexibility index (Phi) is 2.47. The summed E-state index contributed by atoms with van der Waals surface area (Å²) in [7, 11) is 0. The molecule has 0 radical (unpaired) electrons. The van der Waals surface area contributed by atoms with Gasteiger partial charge in [0.1, 0.15) is 6.33 Å². The van der Waals surface area contributed by atoms with Gasteiger partial charge in [0, 0.05) is 24.8 Å². The number of nitrogens with one attached hydrogen (secondary N) is 1. The molecule has 2 aromatic rings. The number of aromatic amines is 1. The highest BCUT2D eigenvalue weighted by molar-refractivity contribution is 5.89. The molecule has 92 valence electrons. The molecule has 0 saturated heterocycles. The largest absolute Gasteiger partial charge is 0.465 e. The maximum absolute atomic E-state index is 10.8. The Morgan fingerprint density at radius 2 is 2.39 bits per heavy atom. The van der Waals surface area contributed by atoms with Crippen molar-refractivity contribution in [2.24, 2.45) is 0 Å². The summed E-state index contributed by atoms with van der Waals surface area (Å²) in [4.78, 5) is 23.6. The number of hydrogen-bond acceptors (Lipinski definition) is 3. The van der Waals surface area contributed by atoms with Crippen molar-refractivity contribution in [2.75, 3.05) is 13.1 Å². The number of fused-ring (bicyclic) bond motifs is 1. The number of carboxylic acid groups (broad SMARTS) is 1. The maximum atomic E-state index is 10.8. The van der Waals surface area contributed by atoms with Gasteiger partial charge < -0.3 is 15.0 Å². The fourth-order valence-corrected chi connectivity index (χ4v) is 2.20. The lowest BCUT2D eigenvalue weighted by Crippen LogP contribution is -2.33. The third kappa shape index (κ3) is 1.71. The van der Waals surface area contributed by atoms with E-state index in [1.165, 1.54) is 11.2 Å². The lowest BCUT2D eigenvalue weighted by Gasteiger charge is -2.23. The third-order valence-electron chi connectivity index (χ3n) is 3.16. The normalized spacial score (nSPS) is 15.8. The van der Waals surface area contributed by atoms with E-state index in [1.54, 1.807) is 6.20 Å². The first-order chi connectivity index (χ1) is 8.75. The number of aromatic nitrogens is 3. The van der Waals surface area contributed by atoms with Crippen molar-refractivity contribution in [3.63, 3.8) is 0 Å². The van der Waals surface area contributed by atoms with Crippen molar-refractivity contribution < 1.29 is 9.90 Å². The Morgan fingerprint density at radius 1 is 1.50 bits per heavy atom. The van der Waals surface area contributed by atoms with Gasteiger partial charge in [-0.2, -0.15) is 0 Å². The fourth-order valence-electron chi connectivity index (χ4n) is 2.20. The van der Waals surface area contributed by atoms with E-state index >= 15 is 0 Å².